The number of carbonyl (C=O) groups excluding carboxylic acids is 1. The molecule has 0 aliphatic carbocycles. The highest BCUT2D eigenvalue weighted by Gasteiger charge is 2.13. The van der Waals surface area contributed by atoms with Gasteiger partial charge in [-0.2, -0.15) is 4.98 Å². The third-order valence-electron chi connectivity index (χ3n) is 3.96. The molecule has 5 nitrogen and oxygen atoms in total. The number of carboxylic acids is 1. The monoisotopic (exact) mass is 313 g/mol. The van der Waals surface area contributed by atoms with Crippen LogP contribution in [0, 0.1) is 13.8 Å². The minimum absolute atomic E-state index is 0.0929. The van der Waals surface area contributed by atoms with Crippen LogP contribution in [0.2, 0.25) is 0 Å². The van der Waals surface area contributed by atoms with Crippen LogP contribution in [0.3, 0.4) is 0 Å². The van der Waals surface area contributed by atoms with E-state index in [-0.39, 0.29) is 12.0 Å². The van der Waals surface area contributed by atoms with Gasteiger partial charge in [-0.25, -0.2) is 0 Å². The van der Waals surface area contributed by atoms with Gasteiger partial charge in [0.1, 0.15) is 5.82 Å². The fraction of sp³-hybridized carbons (Fsp3) is 0.389. The van der Waals surface area contributed by atoms with Crippen molar-refractivity contribution in [1.82, 2.24) is 9.55 Å². The van der Waals surface area contributed by atoms with Crippen LogP contribution in [0.5, 0.6) is 0 Å². The largest absolute Gasteiger partial charge is 0.550 e. The zero-order chi connectivity index (χ0) is 16.8. The van der Waals surface area contributed by atoms with E-state index in [9.17, 15) is 14.7 Å². The summed E-state index contributed by atoms with van der Waals surface area (Å²) in [5, 5.41) is 10.4. The maximum Gasteiger partial charge on any atom is 0.281 e. The summed E-state index contributed by atoms with van der Waals surface area (Å²) < 4.78 is 2.03. The van der Waals surface area contributed by atoms with Crippen molar-refractivity contribution in [2.24, 2.45) is 0 Å². The highest BCUT2D eigenvalue weighted by molar-refractivity contribution is 5.65. The number of carboxylic acid groups (broad SMARTS) is 1. The van der Waals surface area contributed by atoms with E-state index in [4.69, 9.17) is 0 Å². The number of nitrogens with zero attached hydrogens (tertiary/aromatic N) is 2. The van der Waals surface area contributed by atoms with Gasteiger partial charge < -0.3 is 14.5 Å². The van der Waals surface area contributed by atoms with E-state index in [1.165, 1.54) is 0 Å². The summed E-state index contributed by atoms with van der Waals surface area (Å²) in [6.45, 7) is 4.47. The summed E-state index contributed by atoms with van der Waals surface area (Å²) in [7, 11) is 0. The molecule has 0 atom stereocenters. The number of carbonyl (C=O) groups is 1. The molecular weight excluding hydrogens is 292 g/mol. The first kappa shape index (κ1) is 16.9. The summed E-state index contributed by atoms with van der Waals surface area (Å²) >= 11 is 0. The Morgan fingerprint density at radius 1 is 1.13 bits per heavy atom. The normalized spacial score (nSPS) is 10.7. The Hall–Kier alpha value is -2.43. The smallest absolute Gasteiger partial charge is 0.281 e. The van der Waals surface area contributed by atoms with Crippen LogP contribution in [0.1, 0.15) is 37.2 Å². The quantitative estimate of drug-likeness (QED) is 0.731. The lowest BCUT2D eigenvalue weighted by Crippen LogP contribution is -2.22. The molecular formula is C18H21N2O3-. The van der Waals surface area contributed by atoms with Crippen molar-refractivity contribution in [3.05, 3.63) is 52.2 Å². The summed E-state index contributed by atoms with van der Waals surface area (Å²) in [5.74, 6) is -0.319. The lowest BCUT2D eigenvalue weighted by Gasteiger charge is -2.17. The lowest BCUT2D eigenvalue weighted by molar-refractivity contribution is -0.305. The van der Waals surface area contributed by atoms with Gasteiger partial charge in [0.05, 0.1) is 5.56 Å². The number of aromatic nitrogens is 2. The average Bonchev–Trinajstić information content (AvgIpc) is 2.50. The Bertz CT molecular complexity index is 736. The Morgan fingerprint density at radius 2 is 1.83 bits per heavy atom. The Balaban J connectivity index is 2.20. The molecule has 0 unspecified atom stereocenters. The number of rotatable bonds is 7. The predicted molar refractivity (Wildman–Crippen MR) is 86.9 cm³/mol. The van der Waals surface area contributed by atoms with Crippen LogP contribution in [0.15, 0.2) is 35.1 Å². The summed E-state index contributed by atoms with van der Waals surface area (Å²) in [6, 6.07) is 9.53. The van der Waals surface area contributed by atoms with Crippen molar-refractivity contribution in [3.63, 3.8) is 0 Å². The second kappa shape index (κ2) is 7.72. The van der Waals surface area contributed by atoms with Crippen molar-refractivity contribution in [2.45, 2.75) is 46.1 Å². The summed E-state index contributed by atoms with van der Waals surface area (Å²) in [5.41, 5.74) is 2.19. The molecule has 0 saturated carbocycles. The van der Waals surface area contributed by atoms with Crippen LogP contribution in [-0.2, 0) is 11.3 Å². The molecule has 0 amide bonds. The molecule has 2 aromatic rings. The number of unbranched alkanes of at least 4 members (excludes halogenated alkanes) is 2. The van der Waals surface area contributed by atoms with Crippen LogP contribution in [0.25, 0.3) is 11.1 Å². The molecule has 0 radical (unpaired) electrons. The van der Waals surface area contributed by atoms with Crippen molar-refractivity contribution in [2.75, 3.05) is 0 Å². The maximum atomic E-state index is 12.3. The third-order valence-corrected chi connectivity index (χ3v) is 3.96. The van der Waals surface area contributed by atoms with Gasteiger partial charge in [0.15, 0.2) is 0 Å². The molecule has 0 N–H and O–H groups in total. The van der Waals surface area contributed by atoms with Crippen LogP contribution in [0.4, 0.5) is 0 Å². The fourth-order valence-electron chi connectivity index (χ4n) is 2.78. The van der Waals surface area contributed by atoms with E-state index >= 15 is 0 Å². The lowest BCUT2D eigenvalue weighted by atomic mass is 10.1. The zero-order valence-corrected chi connectivity index (χ0v) is 13.5. The summed E-state index contributed by atoms with van der Waals surface area (Å²) in [6.07, 6.45) is 2.35. The second-order valence-electron chi connectivity index (χ2n) is 5.62. The van der Waals surface area contributed by atoms with Gasteiger partial charge in [-0.15, -0.1) is 0 Å². The third kappa shape index (κ3) is 4.28. The van der Waals surface area contributed by atoms with Gasteiger partial charge in [0, 0.05) is 18.2 Å². The van der Waals surface area contributed by atoms with E-state index in [0.717, 1.165) is 30.6 Å². The van der Waals surface area contributed by atoms with E-state index in [1.54, 1.807) is 0 Å². The molecule has 1 aromatic carbocycles. The SMILES string of the molecule is Cc1nc(=O)c(-c2ccccc2)c(C)n1CCCCCC(=O)[O-]. The van der Waals surface area contributed by atoms with Crippen LogP contribution < -0.4 is 10.7 Å². The fourth-order valence-corrected chi connectivity index (χ4v) is 2.78. The van der Waals surface area contributed by atoms with Gasteiger partial charge in [0.25, 0.3) is 5.56 Å². The maximum absolute atomic E-state index is 12.3. The summed E-state index contributed by atoms with van der Waals surface area (Å²) in [4.78, 5) is 26.8. The predicted octanol–water partition coefficient (Wildman–Crippen LogP) is 1.84. The molecule has 0 bridgehead atoms. The van der Waals surface area contributed by atoms with Gasteiger partial charge >= 0.3 is 0 Å². The second-order valence-corrected chi connectivity index (χ2v) is 5.62. The van der Waals surface area contributed by atoms with Crippen molar-refractivity contribution in [1.29, 1.82) is 0 Å². The number of hydrogen-bond donors (Lipinski definition) is 0. The van der Waals surface area contributed by atoms with Crippen LogP contribution >= 0.6 is 0 Å². The zero-order valence-electron chi connectivity index (χ0n) is 13.5. The van der Waals surface area contributed by atoms with Gasteiger partial charge in [-0.1, -0.05) is 36.8 Å². The molecule has 0 spiro atoms. The first-order chi connectivity index (χ1) is 11.0. The molecule has 0 fully saturated rings. The Kier molecular flexibility index (Phi) is 5.68. The minimum atomic E-state index is -1.01. The minimum Gasteiger partial charge on any atom is -0.550 e. The molecule has 0 aliphatic heterocycles. The highest BCUT2D eigenvalue weighted by atomic mass is 16.4. The molecule has 122 valence electrons. The van der Waals surface area contributed by atoms with Crippen LogP contribution in [-0.4, -0.2) is 15.5 Å². The Labute approximate surface area is 135 Å². The van der Waals surface area contributed by atoms with E-state index in [0.29, 0.717) is 17.8 Å². The number of aryl methyl sites for hydroxylation is 1. The topological polar surface area (TPSA) is 75.0 Å². The molecule has 1 heterocycles. The standard InChI is InChI=1S/C18H22N2O3/c1-13-17(15-9-5-3-6-10-15)18(23)19-14(2)20(13)12-8-4-7-11-16(21)22/h3,5-6,9-10H,4,7-8,11-12H2,1-2H3,(H,21,22)/p-1. The molecule has 0 aliphatic rings. The molecule has 5 heteroatoms. The van der Waals surface area contributed by atoms with Gasteiger partial charge in [-0.05, 0) is 38.7 Å². The molecule has 1 aromatic heterocycles. The number of aliphatic carboxylic acids is 1. The molecule has 0 saturated heterocycles. The van der Waals surface area contributed by atoms with E-state index < -0.39 is 5.97 Å². The van der Waals surface area contributed by atoms with Gasteiger partial charge in [-0.3, -0.25) is 4.79 Å². The molecule has 2 rings (SSSR count). The number of benzene rings is 1. The van der Waals surface area contributed by atoms with Crippen molar-refractivity contribution in [3.8, 4) is 11.1 Å². The molecule has 23 heavy (non-hydrogen) atoms. The van der Waals surface area contributed by atoms with Crippen molar-refractivity contribution >= 4 is 5.97 Å². The van der Waals surface area contributed by atoms with E-state index in [1.807, 2.05) is 48.7 Å². The first-order valence-corrected chi connectivity index (χ1v) is 7.84. The van der Waals surface area contributed by atoms with Crippen molar-refractivity contribution < 1.29 is 9.90 Å². The first-order valence-electron chi connectivity index (χ1n) is 7.84. The van der Waals surface area contributed by atoms with E-state index in [2.05, 4.69) is 4.98 Å². The van der Waals surface area contributed by atoms with Gasteiger partial charge in [0.2, 0.25) is 0 Å². The highest BCUT2D eigenvalue weighted by Crippen LogP contribution is 2.20. The Morgan fingerprint density at radius 3 is 2.48 bits per heavy atom. The number of hydrogen-bond acceptors (Lipinski definition) is 4. The average molecular weight is 313 g/mol.